The Morgan fingerprint density at radius 1 is 1.35 bits per heavy atom. The molecule has 1 atom stereocenters. The van der Waals surface area contributed by atoms with Crippen molar-refractivity contribution in [3.05, 3.63) is 18.6 Å². The normalized spacial score (nSPS) is 12.6. The Labute approximate surface area is 119 Å². The van der Waals surface area contributed by atoms with Crippen LogP contribution >= 0.6 is 0 Å². The van der Waals surface area contributed by atoms with Crippen molar-refractivity contribution in [1.82, 2.24) is 14.4 Å². The lowest BCUT2D eigenvalue weighted by Gasteiger charge is -2.11. The molecule has 0 saturated heterocycles. The minimum atomic E-state index is -0.256. The summed E-state index contributed by atoms with van der Waals surface area (Å²) in [5.74, 6) is 1.62. The third-order valence-corrected chi connectivity index (χ3v) is 3.02. The van der Waals surface area contributed by atoms with E-state index in [-0.39, 0.29) is 6.10 Å². The van der Waals surface area contributed by atoms with E-state index < -0.39 is 0 Å². The molecule has 110 valence electrons. The second kappa shape index (κ2) is 7.09. The lowest BCUT2D eigenvalue weighted by atomic mass is 10.2. The molecule has 6 heteroatoms. The molecule has 0 radical (unpaired) electrons. The average molecular weight is 277 g/mol. The molecule has 0 aromatic carbocycles. The molecule has 2 heterocycles. The van der Waals surface area contributed by atoms with E-state index >= 15 is 0 Å². The maximum Gasteiger partial charge on any atom is 0.180 e. The summed E-state index contributed by atoms with van der Waals surface area (Å²) < 4.78 is 1.96. The van der Waals surface area contributed by atoms with Crippen LogP contribution in [0.4, 0.5) is 11.6 Å². The molecule has 2 aromatic heterocycles. The van der Waals surface area contributed by atoms with Crippen LogP contribution in [0.2, 0.25) is 0 Å². The van der Waals surface area contributed by atoms with E-state index in [9.17, 15) is 5.11 Å². The van der Waals surface area contributed by atoms with Gasteiger partial charge in [0.1, 0.15) is 5.82 Å². The fraction of sp³-hybridized carbons (Fsp3) is 0.571. The first kappa shape index (κ1) is 14.6. The first-order chi connectivity index (χ1) is 9.70. The second-order valence-electron chi connectivity index (χ2n) is 4.98. The summed E-state index contributed by atoms with van der Waals surface area (Å²) >= 11 is 0. The Morgan fingerprint density at radius 3 is 2.95 bits per heavy atom. The molecule has 0 fully saturated rings. The number of aromatic nitrogens is 3. The molecule has 0 aliphatic carbocycles. The number of nitrogens with zero attached hydrogens (tertiary/aromatic N) is 3. The first-order valence-corrected chi connectivity index (χ1v) is 7.20. The minimum absolute atomic E-state index is 0.256. The molecule has 2 rings (SSSR count). The predicted octanol–water partition coefficient (Wildman–Crippen LogP) is 2.12. The van der Waals surface area contributed by atoms with Crippen molar-refractivity contribution in [3.63, 3.8) is 0 Å². The van der Waals surface area contributed by atoms with Gasteiger partial charge in [0.2, 0.25) is 0 Å². The highest BCUT2D eigenvalue weighted by atomic mass is 16.3. The highest BCUT2D eigenvalue weighted by Crippen LogP contribution is 2.16. The van der Waals surface area contributed by atoms with Crippen LogP contribution in [-0.4, -0.2) is 38.7 Å². The fourth-order valence-corrected chi connectivity index (χ4v) is 1.99. The average Bonchev–Trinajstić information content (AvgIpc) is 2.89. The van der Waals surface area contributed by atoms with E-state index in [1.165, 1.54) is 0 Å². The molecule has 0 saturated carbocycles. The van der Waals surface area contributed by atoms with E-state index in [0.29, 0.717) is 0 Å². The Balaban J connectivity index is 2.07. The molecule has 1 unspecified atom stereocenters. The first-order valence-electron chi connectivity index (χ1n) is 7.20. The quantitative estimate of drug-likeness (QED) is 0.645. The molecular formula is C14H23N5O. The Hall–Kier alpha value is -1.82. The summed E-state index contributed by atoms with van der Waals surface area (Å²) in [6.07, 6.45) is 8.11. The number of fused-ring (bicyclic) bond motifs is 1. The van der Waals surface area contributed by atoms with Gasteiger partial charge >= 0.3 is 0 Å². The summed E-state index contributed by atoms with van der Waals surface area (Å²) in [5, 5.41) is 15.8. The smallest absolute Gasteiger partial charge is 0.180 e. The summed E-state index contributed by atoms with van der Waals surface area (Å²) in [6, 6.07) is 0. The zero-order valence-corrected chi connectivity index (χ0v) is 12.1. The number of hydrogen-bond acceptors (Lipinski definition) is 5. The standard InChI is InChI=1S/C14H23N5O/c1-3-6-15-12-10-19-9-8-17-14(19)13(18-12)16-7-4-5-11(2)20/h8-11,15,20H,3-7H2,1-2H3,(H,16,18). The number of aliphatic hydroxyl groups is 1. The zero-order valence-electron chi connectivity index (χ0n) is 12.1. The van der Waals surface area contributed by atoms with Crippen molar-refractivity contribution in [2.75, 3.05) is 23.7 Å². The SMILES string of the molecule is CCCNc1cn2ccnc2c(NCCCC(C)O)n1. The minimum Gasteiger partial charge on any atom is -0.393 e. The third-order valence-electron chi connectivity index (χ3n) is 3.02. The van der Waals surface area contributed by atoms with E-state index in [4.69, 9.17) is 0 Å². The van der Waals surface area contributed by atoms with Crippen LogP contribution in [0.1, 0.15) is 33.1 Å². The number of hydrogen-bond donors (Lipinski definition) is 3. The Kier molecular flexibility index (Phi) is 5.17. The summed E-state index contributed by atoms with van der Waals surface area (Å²) in [5.41, 5.74) is 0.823. The number of anilines is 2. The van der Waals surface area contributed by atoms with Crippen LogP contribution in [0.5, 0.6) is 0 Å². The van der Waals surface area contributed by atoms with Crippen LogP contribution in [0.15, 0.2) is 18.6 Å². The molecule has 2 aromatic rings. The van der Waals surface area contributed by atoms with Crippen molar-refractivity contribution in [1.29, 1.82) is 0 Å². The molecule has 0 aliphatic heterocycles. The number of imidazole rings is 1. The molecule has 20 heavy (non-hydrogen) atoms. The van der Waals surface area contributed by atoms with Gasteiger partial charge < -0.3 is 20.1 Å². The van der Waals surface area contributed by atoms with Crippen LogP contribution in [0.3, 0.4) is 0 Å². The van der Waals surface area contributed by atoms with Crippen molar-refractivity contribution in [2.24, 2.45) is 0 Å². The molecule has 0 spiro atoms. The lowest BCUT2D eigenvalue weighted by molar-refractivity contribution is 0.183. The second-order valence-corrected chi connectivity index (χ2v) is 4.98. The van der Waals surface area contributed by atoms with Gasteiger partial charge in [-0.15, -0.1) is 0 Å². The van der Waals surface area contributed by atoms with Crippen LogP contribution in [-0.2, 0) is 0 Å². The zero-order chi connectivity index (χ0) is 14.4. The topological polar surface area (TPSA) is 74.5 Å². The fourth-order valence-electron chi connectivity index (χ4n) is 1.99. The Bertz CT molecular complexity index is 537. The molecule has 0 aliphatic rings. The van der Waals surface area contributed by atoms with E-state index in [2.05, 4.69) is 27.5 Å². The molecule has 3 N–H and O–H groups in total. The molecule has 0 amide bonds. The van der Waals surface area contributed by atoms with Gasteiger partial charge in [0, 0.05) is 25.5 Å². The largest absolute Gasteiger partial charge is 0.393 e. The maximum absolute atomic E-state index is 9.26. The van der Waals surface area contributed by atoms with Gasteiger partial charge in [0.25, 0.3) is 0 Å². The molecule has 6 nitrogen and oxygen atoms in total. The monoisotopic (exact) mass is 277 g/mol. The van der Waals surface area contributed by atoms with Gasteiger partial charge in [0.15, 0.2) is 11.5 Å². The lowest BCUT2D eigenvalue weighted by Crippen LogP contribution is -2.11. The van der Waals surface area contributed by atoms with Crippen molar-refractivity contribution in [3.8, 4) is 0 Å². The summed E-state index contributed by atoms with van der Waals surface area (Å²) in [4.78, 5) is 8.87. The number of aliphatic hydroxyl groups excluding tert-OH is 1. The highest BCUT2D eigenvalue weighted by Gasteiger charge is 2.07. The van der Waals surface area contributed by atoms with Crippen LogP contribution < -0.4 is 10.6 Å². The van der Waals surface area contributed by atoms with E-state index in [1.807, 2.05) is 16.8 Å². The third kappa shape index (κ3) is 3.84. The Morgan fingerprint density at radius 2 is 2.20 bits per heavy atom. The number of rotatable bonds is 8. The van der Waals surface area contributed by atoms with Gasteiger partial charge in [-0.05, 0) is 26.2 Å². The molecular weight excluding hydrogens is 254 g/mol. The summed E-state index contributed by atoms with van der Waals surface area (Å²) in [7, 11) is 0. The molecule has 0 bridgehead atoms. The number of nitrogens with one attached hydrogen (secondary N) is 2. The van der Waals surface area contributed by atoms with Gasteiger partial charge in [-0.25, -0.2) is 9.97 Å². The highest BCUT2D eigenvalue weighted by molar-refractivity contribution is 5.65. The maximum atomic E-state index is 9.26. The van der Waals surface area contributed by atoms with Crippen LogP contribution in [0.25, 0.3) is 5.65 Å². The van der Waals surface area contributed by atoms with Gasteiger partial charge in [-0.2, -0.15) is 0 Å². The van der Waals surface area contributed by atoms with Crippen molar-refractivity contribution in [2.45, 2.75) is 39.2 Å². The van der Waals surface area contributed by atoms with Crippen molar-refractivity contribution < 1.29 is 5.11 Å². The predicted molar refractivity (Wildman–Crippen MR) is 81.2 cm³/mol. The van der Waals surface area contributed by atoms with Crippen molar-refractivity contribution >= 4 is 17.3 Å². The van der Waals surface area contributed by atoms with Gasteiger partial charge in [0.05, 0.1) is 12.3 Å². The van der Waals surface area contributed by atoms with E-state index in [0.717, 1.165) is 49.6 Å². The van der Waals surface area contributed by atoms with Crippen LogP contribution in [0, 0.1) is 0 Å². The van der Waals surface area contributed by atoms with Gasteiger partial charge in [-0.3, -0.25) is 0 Å². The van der Waals surface area contributed by atoms with Gasteiger partial charge in [-0.1, -0.05) is 6.92 Å². The van der Waals surface area contributed by atoms with E-state index in [1.54, 1.807) is 13.1 Å². The summed E-state index contributed by atoms with van der Waals surface area (Å²) in [6.45, 7) is 5.60.